The molecule has 21 heavy (non-hydrogen) atoms. The third kappa shape index (κ3) is 3.98. The van der Waals surface area contributed by atoms with Crippen molar-refractivity contribution in [3.63, 3.8) is 0 Å². The minimum atomic E-state index is -4.47. The van der Waals surface area contributed by atoms with Crippen LogP contribution in [-0.4, -0.2) is 5.91 Å². The van der Waals surface area contributed by atoms with Gasteiger partial charge < -0.3 is 11.1 Å². The summed E-state index contributed by atoms with van der Waals surface area (Å²) in [5.41, 5.74) is 6.07. The summed E-state index contributed by atoms with van der Waals surface area (Å²) < 4.78 is 37.7. The zero-order valence-electron chi connectivity index (χ0n) is 10.9. The van der Waals surface area contributed by atoms with E-state index in [0.717, 1.165) is 17.7 Å². The number of halogens is 3. The summed E-state index contributed by atoms with van der Waals surface area (Å²) in [6, 6.07) is 11.2. The van der Waals surface area contributed by atoms with Crippen molar-refractivity contribution in [3.05, 3.63) is 65.2 Å². The fraction of sp³-hybridized carbons (Fsp3) is 0.133. The molecule has 0 bridgehead atoms. The van der Waals surface area contributed by atoms with Gasteiger partial charge in [0.25, 0.3) is 5.91 Å². The lowest BCUT2D eigenvalue weighted by molar-refractivity contribution is -0.137. The van der Waals surface area contributed by atoms with Crippen molar-refractivity contribution in [2.75, 3.05) is 5.73 Å². The second-order valence-corrected chi connectivity index (χ2v) is 4.50. The largest absolute Gasteiger partial charge is 0.416 e. The zero-order chi connectivity index (χ0) is 15.5. The molecule has 0 radical (unpaired) electrons. The zero-order valence-corrected chi connectivity index (χ0v) is 10.9. The molecule has 2 aromatic carbocycles. The van der Waals surface area contributed by atoms with Crippen molar-refractivity contribution >= 4 is 11.6 Å². The van der Waals surface area contributed by atoms with Crippen LogP contribution in [0.4, 0.5) is 18.9 Å². The molecule has 0 spiro atoms. The van der Waals surface area contributed by atoms with Gasteiger partial charge in [0.15, 0.2) is 0 Å². The molecule has 0 aliphatic heterocycles. The Hall–Kier alpha value is -2.50. The number of rotatable bonds is 3. The summed E-state index contributed by atoms with van der Waals surface area (Å²) in [5.74, 6) is -0.557. The molecule has 0 unspecified atom stereocenters. The highest BCUT2D eigenvalue weighted by Crippen LogP contribution is 2.29. The van der Waals surface area contributed by atoms with E-state index >= 15 is 0 Å². The Morgan fingerprint density at radius 2 is 1.76 bits per heavy atom. The molecular formula is C15H13F3N2O. The van der Waals surface area contributed by atoms with Crippen LogP contribution < -0.4 is 11.1 Å². The number of hydrogen-bond donors (Lipinski definition) is 2. The maximum absolute atomic E-state index is 12.6. The van der Waals surface area contributed by atoms with Gasteiger partial charge in [0.05, 0.1) is 5.56 Å². The van der Waals surface area contributed by atoms with Crippen molar-refractivity contribution in [2.45, 2.75) is 12.7 Å². The van der Waals surface area contributed by atoms with E-state index in [1.165, 1.54) is 12.1 Å². The molecule has 3 nitrogen and oxygen atoms in total. The van der Waals surface area contributed by atoms with Crippen LogP contribution in [0.1, 0.15) is 21.5 Å². The van der Waals surface area contributed by atoms with Crippen molar-refractivity contribution in [1.29, 1.82) is 0 Å². The number of benzene rings is 2. The van der Waals surface area contributed by atoms with E-state index in [9.17, 15) is 18.0 Å². The lowest BCUT2D eigenvalue weighted by Crippen LogP contribution is -2.23. The predicted octanol–water partition coefficient (Wildman–Crippen LogP) is 3.22. The summed E-state index contributed by atoms with van der Waals surface area (Å²) in [6.07, 6.45) is -4.47. The van der Waals surface area contributed by atoms with Crippen molar-refractivity contribution in [1.82, 2.24) is 5.32 Å². The van der Waals surface area contributed by atoms with Gasteiger partial charge in [-0.25, -0.2) is 0 Å². The Kier molecular flexibility index (Phi) is 4.16. The van der Waals surface area contributed by atoms with Crippen LogP contribution in [0.3, 0.4) is 0 Å². The van der Waals surface area contributed by atoms with E-state index in [1.807, 2.05) is 0 Å². The minimum absolute atomic E-state index is 0.0275. The van der Waals surface area contributed by atoms with E-state index in [1.54, 1.807) is 24.3 Å². The summed E-state index contributed by atoms with van der Waals surface area (Å²) in [6.45, 7) is 0.218. The van der Waals surface area contributed by atoms with E-state index in [4.69, 9.17) is 5.73 Å². The summed E-state index contributed by atoms with van der Waals surface area (Å²) in [4.78, 5) is 11.9. The second kappa shape index (κ2) is 5.87. The standard InChI is InChI=1S/C15H13F3N2O/c16-15(17,18)12-3-1-2-11(8-12)14(21)20-9-10-4-6-13(19)7-5-10/h1-8H,9,19H2,(H,20,21). The van der Waals surface area contributed by atoms with E-state index in [0.29, 0.717) is 5.69 Å². The van der Waals surface area contributed by atoms with E-state index in [-0.39, 0.29) is 12.1 Å². The second-order valence-electron chi connectivity index (χ2n) is 4.50. The number of amides is 1. The molecule has 0 atom stereocenters. The summed E-state index contributed by atoms with van der Waals surface area (Å²) in [5, 5.41) is 2.57. The lowest BCUT2D eigenvalue weighted by Gasteiger charge is -2.09. The van der Waals surface area contributed by atoms with Crippen LogP contribution in [0.5, 0.6) is 0 Å². The monoisotopic (exact) mass is 294 g/mol. The third-order valence-electron chi connectivity index (χ3n) is 2.88. The molecule has 0 aromatic heterocycles. The van der Waals surface area contributed by atoms with Crippen LogP contribution in [0.15, 0.2) is 48.5 Å². The van der Waals surface area contributed by atoms with Gasteiger partial charge in [-0.15, -0.1) is 0 Å². The van der Waals surface area contributed by atoms with Crippen LogP contribution in [0.2, 0.25) is 0 Å². The first kappa shape index (κ1) is 14.9. The number of nitrogens with one attached hydrogen (secondary N) is 1. The minimum Gasteiger partial charge on any atom is -0.399 e. The molecule has 0 aliphatic carbocycles. The molecule has 0 fully saturated rings. The van der Waals surface area contributed by atoms with Crippen LogP contribution in [-0.2, 0) is 12.7 Å². The average Bonchev–Trinajstić information content (AvgIpc) is 2.45. The number of alkyl halides is 3. The molecule has 2 rings (SSSR count). The highest BCUT2D eigenvalue weighted by molar-refractivity contribution is 5.94. The van der Waals surface area contributed by atoms with Gasteiger partial charge in [-0.3, -0.25) is 4.79 Å². The Balaban J connectivity index is 2.05. The third-order valence-corrected chi connectivity index (χ3v) is 2.88. The fourth-order valence-electron chi connectivity index (χ4n) is 1.76. The van der Waals surface area contributed by atoms with Gasteiger partial charge in [-0.1, -0.05) is 18.2 Å². The normalized spacial score (nSPS) is 11.2. The molecule has 2 aromatic rings. The van der Waals surface area contributed by atoms with Crippen molar-refractivity contribution in [3.8, 4) is 0 Å². The summed E-state index contributed by atoms with van der Waals surface area (Å²) >= 11 is 0. The predicted molar refractivity (Wildman–Crippen MR) is 73.5 cm³/mol. The molecule has 0 saturated carbocycles. The van der Waals surface area contributed by atoms with Crippen molar-refractivity contribution in [2.24, 2.45) is 0 Å². The van der Waals surface area contributed by atoms with Gasteiger partial charge in [0.1, 0.15) is 0 Å². The number of hydrogen-bond acceptors (Lipinski definition) is 2. The number of carbonyl (C=O) groups excluding carboxylic acids is 1. The van der Waals surface area contributed by atoms with Crippen LogP contribution >= 0.6 is 0 Å². The van der Waals surface area contributed by atoms with E-state index in [2.05, 4.69) is 5.32 Å². The molecule has 110 valence electrons. The highest BCUT2D eigenvalue weighted by Gasteiger charge is 2.30. The van der Waals surface area contributed by atoms with Gasteiger partial charge >= 0.3 is 6.18 Å². The topological polar surface area (TPSA) is 55.1 Å². The first-order valence-electron chi connectivity index (χ1n) is 6.16. The fourth-order valence-corrected chi connectivity index (χ4v) is 1.76. The number of nitrogens with two attached hydrogens (primary N) is 1. The molecule has 0 saturated heterocycles. The molecular weight excluding hydrogens is 281 g/mol. The van der Waals surface area contributed by atoms with Gasteiger partial charge in [-0.2, -0.15) is 13.2 Å². The van der Waals surface area contributed by atoms with Crippen LogP contribution in [0.25, 0.3) is 0 Å². The van der Waals surface area contributed by atoms with E-state index < -0.39 is 17.6 Å². The average molecular weight is 294 g/mol. The SMILES string of the molecule is Nc1ccc(CNC(=O)c2cccc(C(F)(F)F)c2)cc1. The Bertz CT molecular complexity index is 636. The Morgan fingerprint density at radius 3 is 2.38 bits per heavy atom. The van der Waals surface area contributed by atoms with Crippen molar-refractivity contribution < 1.29 is 18.0 Å². The maximum atomic E-state index is 12.6. The maximum Gasteiger partial charge on any atom is 0.416 e. The lowest BCUT2D eigenvalue weighted by atomic mass is 10.1. The Labute approximate surface area is 119 Å². The number of anilines is 1. The smallest absolute Gasteiger partial charge is 0.399 e. The van der Waals surface area contributed by atoms with Gasteiger partial charge in [0, 0.05) is 17.8 Å². The number of nitrogen functional groups attached to an aromatic ring is 1. The summed E-state index contributed by atoms with van der Waals surface area (Å²) in [7, 11) is 0. The Morgan fingerprint density at radius 1 is 1.10 bits per heavy atom. The first-order chi connectivity index (χ1) is 9.86. The highest BCUT2D eigenvalue weighted by atomic mass is 19.4. The molecule has 0 heterocycles. The first-order valence-corrected chi connectivity index (χ1v) is 6.16. The number of carbonyl (C=O) groups is 1. The van der Waals surface area contributed by atoms with Crippen LogP contribution in [0, 0.1) is 0 Å². The molecule has 6 heteroatoms. The quantitative estimate of drug-likeness (QED) is 0.854. The molecule has 3 N–H and O–H groups in total. The molecule has 1 amide bonds. The molecule has 0 aliphatic rings. The van der Waals surface area contributed by atoms with Gasteiger partial charge in [0.2, 0.25) is 0 Å². The van der Waals surface area contributed by atoms with Gasteiger partial charge in [-0.05, 0) is 35.9 Å².